The Balaban J connectivity index is 2.00. The summed E-state index contributed by atoms with van der Waals surface area (Å²) in [5, 5.41) is 8.85. The van der Waals surface area contributed by atoms with E-state index < -0.39 is 0 Å². The average Bonchev–Trinajstić information content (AvgIpc) is 2.56. The summed E-state index contributed by atoms with van der Waals surface area (Å²) in [5.41, 5.74) is 6.12. The molecule has 1 aromatic heterocycles. The van der Waals surface area contributed by atoms with Gasteiger partial charge < -0.3 is 0 Å². The third-order valence-corrected chi connectivity index (χ3v) is 3.51. The predicted octanol–water partition coefficient (Wildman–Crippen LogP) is 4.60. The van der Waals surface area contributed by atoms with Crippen LogP contribution in [0.5, 0.6) is 0 Å². The molecule has 0 radical (unpaired) electrons. The molecule has 0 fully saturated rings. The van der Waals surface area contributed by atoms with Gasteiger partial charge >= 0.3 is 0 Å². The maximum atomic E-state index is 8.85. The quantitative estimate of drug-likeness (QED) is 0.682. The van der Waals surface area contributed by atoms with Crippen molar-refractivity contribution in [3.05, 3.63) is 78.0 Å². The van der Waals surface area contributed by atoms with E-state index in [4.69, 9.17) is 5.26 Å². The van der Waals surface area contributed by atoms with E-state index in [1.165, 1.54) is 5.56 Å². The second-order valence-electron chi connectivity index (χ2n) is 4.94. The highest BCUT2D eigenvalue weighted by molar-refractivity contribution is 5.70. The maximum absolute atomic E-state index is 8.85. The van der Waals surface area contributed by atoms with Crippen molar-refractivity contribution in [1.29, 1.82) is 5.26 Å². The topological polar surface area (TPSA) is 36.7 Å². The number of pyridine rings is 1. The molecule has 0 bridgehead atoms. The van der Waals surface area contributed by atoms with Crippen LogP contribution in [-0.2, 0) is 0 Å². The van der Waals surface area contributed by atoms with Gasteiger partial charge in [0, 0.05) is 17.3 Å². The number of hydrogen-bond donors (Lipinski definition) is 0. The standard InChI is InChI=1S/C19H14N2/c1-14-11-19(17-5-3-2-4-6-17)21-13-18(14)16-9-7-15(12-20)8-10-16/h2-11,13H,1H3. The smallest absolute Gasteiger partial charge is 0.0991 e. The molecule has 2 heteroatoms. The van der Waals surface area contributed by atoms with Crippen molar-refractivity contribution in [3.8, 4) is 28.5 Å². The summed E-state index contributed by atoms with van der Waals surface area (Å²) in [6.45, 7) is 2.08. The lowest BCUT2D eigenvalue weighted by Crippen LogP contribution is -1.89. The van der Waals surface area contributed by atoms with E-state index in [0.29, 0.717) is 5.56 Å². The van der Waals surface area contributed by atoms with E-state index in [0.717, 1.165) is 22.4 Å². The van der Waals surface area contributed by atoms with Crippen molar-refractivity contribution in [3.63, 3.8) is 0 Å². The number of hydrogen-bond acceptors (Lipinski definition) is 2. The zero-order valence-electron chi connectivity index (χ0n) is 11.7. The largest absolute Gasteiger partial charge is 0.256 e. The first kappa shape index (κ1) is 13.1. The van der Waals surface area contributed by atoms with Crippen LogP contribution < -0.4 is 0 Å². The molecule has 100 valence electrons. The summed E-state index contributed by atoms with van der Waals surface area (Å²) < 4.78 is 0. The molecule has 0 aliphatic carbocycles. The minimum absolute atomic E-state index is 0.672. The van der Waals surface area contributed by atoms with Crippen LogP contribution >= 0.6 is 0 Å². The first-order chi connectivity index (χ1) is 10.3. The van der Waals surface area contributed by atoms with E-state index in [1.807, 2.05) is 48.7 Å². The van der Waals surface area contributed by atoms with Crippen LogP contribution in [0.15, 0.2) is 66.9 Å². The van der Waals surface area contributed by atoms with E-state index >= 15 is 0 Å². The Morgan fingerprint density at radius 3 is 2.24 bits per heavy atom. The van der Waals surface area contributed by atoms with E-state index in [-0.39, 0.29) is 0 Å². The number of rotatable bonds is 2. The molecule has 0 saturated heterocycles. The molecule has 21 heavy (non-hydrogen) atoms. The molecule has 1 heterocycles. The van der Waals surface area contributed by atoms with Gasteiger partial charge in [-0.3, -0.25) is 4.98 Å². The predicted molar refractivity (Wildman–Crippen MR) is 84.6 cm³/mol. The minimum Gasteiger partial charge on any atom is -0.256 e. The summed E-state index contributed by atoms with van der Waals surface area (Å²) in [7, 11) is 0. The highest BCUT2D eigenvalue weighted by Crippen LogP contribution is 2.26. The van der Waals surface area contributed by atoms with Crippen LogP contribution in [0, 0.1) is 18.3 Å². The van der Waals surface area contributed by atoms with E-state index in [1.54, 1.807) is 0 Å². The van der Waals surface area contributed by atoms with E-state index in [2.05, 4.69) is 36.2 Å². The zero-order chi connectivity index (χ0) is 14.7. The van der Waals surface area contributed by atoms with Crippen LogP contribution in [0.25, 0.3) is 22.4 Å². The lowest BCUT2D eigenvalue weighted by Gasteiger charge is -2.08. The molecule has 3 aromatic rings. The Labute approximate surface area is 124 Å². The van der Waals surface area contributed by atoms with Crippen LogP contribution in [0.3, 0.4) is 0 Å². The fourth-order valence-electron chi connectivity index (χ4n) is 2.35. The Kier molecular flexibility index (Phi) is 3.49. The molecule has 2 nitrogen and oxygen atoms in total. The Morgan fingerprint density at radius 2 is 1.62 bits per heavy atom. The van der Waals surface area contributed by atoms with Crippen molar-refractivity contribution in [1.82, 2.24) is 4.98 Å². The monoisotopic (exact) mass is 270 g/mol. The fourth-order valence-corrected chi connectivity index (χ4v) is 2.35. The van der Waals surface area contributed by atoms with Gasteiger partial charge in [-0.2, -0.15) is 5.26 Å². The van der Waals surface area contributed by atoms with Crippen molar-refractivity contribution < 1.29 is 0 Å². The Morgan fingerprint density at radius 1 is 0.905 bits per heavy atom. The molecule has 0 aliphatic heterocycles. The van der Waals surface area contributed by atoms with Gasteiger partial charge in [-0.1, -0.05) is 42.5 Å². The summed E-state index contributed by atoms with van der Waals surface area (Å²) in [6, 6.07) is 22.0. The Hall–Kier alpha value is -2.92. The van der Waals surface area contributed by atoms with Crippen LogP contribution in [0.1, 0.15) is 11.1 Å². The summed E-state index contributed by atoms with van der Waals surface area (Å²) in [6.07, 6.45) is 1.90. The third kappa shape index (κ3) is 2.68. The molecule has 0 spiro atoms. The van der Waals surface area contributed by atoms with Crippen molar-refractivity contribution in [2.45, 2.75) is 6.92 Å². The zero-order valence-corrected chi connectivity index (χ0v) is 11.7. The Bertz CT molecular complexity index is 797. The number of nitriles is 1. The molecule has 0 N–H and O–H groups in total. The molecule has 0 aliphatic rings. The first-order valence-electron chi connectivity index (χ1n) is 6.80. The molecule has 0 amide bonds. The third-order valence-electron chi connectivity index (χ3n) is 3.51. The fraction of sp³-hybridized carbons (Fsp3) is 0.0526. The highest BCUT2D eigenvalue weighted by atomic mass is 14.7. The van der Waals surface area contributed by atoms with Gasteiger partial charge in [-0.15, -0.1) is 0 Å². The molecule has 0 atom stereocenters. The normalized spacial score (nSPS) is 10.1. The maximum Gasteiger partial charge on any atom is 0.0991 e. The molecular weight excluding hydrogens is 256 g/mol. The summed E-state index contributed by atoms with van der Waals surface area (Å²) in [4.78, 5) is 4.56. The second kappa shape index (κ2) is 5.60. The number of nitrogens with zero attached hydrogens (tertiary/aromatic N) is 2. The van der Waals surface area contributed by atoms with Crippen molar-refractivity contribution in [2.24, 2.45) is 0 Å². The molecule has 2 aromatic carbocycles. The van der Waals surface area contributed by atoms with Crippen LogP contribution in [0.4, 0.5) is 0 Å². The van der Waals surface area contributed by atoms with E-state index in [9.17, 15) is 0 Å². The van der Waals surface area contributed by atoms with Gasteiger partial charge in [0.25, 0.3) is 0 Å². The van der Waals surface area contributed by atoms with Crippen LogP contribution in [0.2, 0.25) is 0 Å². The number of benzene rings is 2. The number of aryl methyl sites for hydroxylation is 1. The molecule has 3 rings (SSSR count). The molecule has 0 saturated carbocycles. The second-order valence-corrected chi connectivity index (χ2v) is 4.94. The van der Waals surface area contributed by atoms with Gasteiger partial charge in [-0.05, 0) is 36.2 Å². The van der Waals surface area contributed by atoms with Crippen molar-refractivity contribution in [2.75, 3.05) is 0 Å². The minimum atomic E-state index is 0.672. The summed E-state index contributed by atoms with van der Waals surface area (Å²) in [5.74, 6) is 0. The van der Waals surface area contributed by atoms with Gasteiger partial charge in [0.2, 0.25) is 0 Å². The van der Waals surface area contributed by atoms with Gasteiger partial charge in [-0.25, -0.2) is 0 Å². The number of aromatic nitrogens is 1. The lowest BCUT2D eigenvalue weighted by molar-refractivity contribution is 1.28. The average molecular weight is 270 g/mol. The molecular formula is C19H14N2. The van der Waals surface area contributed by atoms with Gasteiger partial charge in [0.1, 0.15) is 0 Å². The summed E-state index contributed by atoms with van der Waals surface area (Å²) >= 11 is 0. The molecule has 0 unspecified atom stereocenters. The first-order valence-corrected chi connectivity index (χ1v) is 6.80. The van der Waals surface area contributed by atoms with Crippen molar-refractivity contribution >= 4 is 0 Å². The lowest BCUT2D eigenvalue weighted by atomic mass is 10.00. The highest BCUT2D eigenvalue weighted by Gasteiger charge is 2.05. The van der Waals surface area contributed by atoms with Gasteiger partial charge in [0.05, 0.1) is 17.3 Å². The SMILES string of the molecule is Cc1cc(-c2ccccc2)ncc1-c1ccc(C#N)cc1. The van der Waals surface area contributed by atoms with Gasteiger partial charge in [0.15, 0.2) is 0 Å². The van der Waals surface area contributed by atoms with Crippen LogP contribution in [-0.4, -0.2) is 4.98 Å².